The van der Waals surface area contributed by atoms with Crippen molar-refractivity contribution < 1.29 is 23.8 Å². The molecule has 1 atom stereocenters. The van der Waals surface area contributed by atoms with Crippen LogP contribution in [0.1, 0.15) is 22.0 Å². The number of rotatable bonds is 5. The van der Waals surface area contributed by atoms with Gasteiger partial charge < -0.3 is 14.7 Å². The predicted molar refractivity (Wildman–Crippen MR) is 112 cm³/mol. The highest BCUT2D eigenvalue weighted by atomic mass is 32.1. The number of Topliss-reactive ketones (excluding diaryl/α,β-unsaturated/α-hetero) is 1. The van der Waals surface area contributed by atoms with Gasteiger partial charge in [-0.15, -0.1) is 11.3 Å². The van der Waals surface area contributed by atoms with E-state index in [1.54, 1.807) is 19.2 Å². The lowest BCUT2D eigenvalue weighted by atomic mass is 9.99. The molecule has 152 valence electrons. The van der Waals surface area contributed by atoms with E-state index in [9.17, 15) is 19.1 Å². The first-order valence-corrected chi connectivity index (χ1v) is 10.1. The summed E-state index contributed by atoms with van der Waals surface area (Å²) in [6.07, 6.45) is 0. The molecule has 2 aromatic carbocycles. The van der Waals surface area contributed by atoms with Crippen molar-refractivity contribution in [3.8, 4) is 5.75 Å². The van der Waals surface area contributed by atoms with E-state index in [1.165, 1.54) is 40.5 Å². The summed E-state index contributed by atoms with van der Waals surface area (Å²) in [5.41, 5.74) is 1.06. The van der Waals surface area contributed by atoms with Crippen LogP contribution < -0.4 is 4.74 Å². The molecule has 1 aliphatic heterocycles. The van der Waals surface area contributed by atoms with Gasteiger partial charge >= 0.3 is 0 Å². The van der Waals surface area contributed by atoms with Crippen molar-refractivity contribution in [2.24, 2.45) is 0 Å². The molecule has 5 nitrogen and oxygen atoms in total. The van der Waals surface area contributed by atoms with Gasteiger partial charge in [0.15, 0.2) is 0 Å². The van der Waals surface area contributed by atoms with Gasteiger partial charge in [0.1, 0.15) is 17.3 Å². The third-order valence-electron chi connectivity index (χ3n) is 4.96. The quantitative estimate of drug-likeness (QED) is 0.372. The first-order chi connectivity index (χ1) is 14.5. The number of carbonyl (C=O) groups excluding carboxylic acids is 2. The second-order valence-corrected chi connectivity index (χ2v) is 7.78. The molecule has 0 bridgehead atoms. The molecule has 1 amide bonds. The summed E-state index contributed by atoms with van der Waals surface area (Å²) in [4.78, 5) is 28.0. The Hall–Kier alpha value is -3.45. The number of aliphatic hydroxyl groups is 1. The Balaban J connectivity index is 1.80. The Morgan fingerprint density at radius 2 is 1.90 bits per heavy atom. The van der Waals surface area contributed by atoms with Gasteiger partial charge in [0.25, 0.3) is 11.7 Å². The highest BCUT2D eigenvalue weighted by Crippen LogP contribution is 2.42. The van der Waals surface area contributed by atoms with Gasteiger partial charge in [-0.2, -0.15) is 0 Å². The van der Waals surface area contributed by atoms with Gasteiger partial charge in [-0.3, -0.25) is 9.59 Å². The monoisotopic (exact) mass is 423 g/mol. The highest BCUT2D eigenvalue weighted by Gasteiger charge is 2.46. The zero-order valence-electron chi connectivity index (χ0n) is 16.0. The van der Waals surface area contributed by atoms with Crippen molar-refractivity contribution >= 4 is 28.8 Å². The van der Waals surface area contributed by atoms with Crippen molar-refractivity contribution in [2.45, 2.75) is 12.6 Å². The summed E-state index contributed by atoms with van der Waals surface area (Å²) in [6, 6.07) is 15.3. The van der Waals surface area contributed by atoms with Crippen LogP contribution in [0, 0.1) is 5.82 Å². The maximum Gasteiger partial charge on any atom is 0.295 e. The highest BCUT2D eigenvalue weighted by molar-refractivity contribution is 7.10. The SMILES string of the molecule is COc1cccc(CN2C(=O)C(=O)/C(=C(\O)c3ccc(F)cc3)C2c2cccs2)c1. The lowest BCUT2D eigenvalue weighted by Gasteiger charge is -2.24. The van der Waals surface area contributed by atoms with Crippen LogP contribution in [0.3, 0.4) is 0 Å². The van der Waals surface area contributed by atoms with Gasteiger partial charge in [-0.05, 0) is 53.4 Å². The van der Waals surface area contributed by atoms with Crippen LogP contribution in [0.2, 0.25) is 0 Å². The normalized spacial score (nSPS) is 18.1. The maximum absolute atomic E-state index is 13.3. The number of methoxy groups -OCH3 is 1. The van der Waals surface area contributed by atoms with Crippen LogP contribution >= 0.6 is 11.3 Å². The third kappa shape index (κ3) is 3.59. The average molecular weight is 423 g/mol. The van der Waals surface area contributed by atoms with Crippen LogP contribution in [0.25, 0.3) is 5.76 Å². The van der Waals surface area contributed by atoms with Crippen LogP contribution in [-0.2, 0) is 16.1 Å². The Morgan fingerprint density at radius 3 is 2.57 bits per heavy atom. The summed E-state index contributed by atoms with van der Waals surface area (Å²) in [5.74, 6) is -1.60. The number of aliphatic hydroxyl groups excluding tert-OH is 1. The van der Waals surface area contributed by atoms with E-state index in [0.29, 0.717) is 5.75 Å². The number of ketones is 1. The zero-order valence-corrected chi connectivity index (χ0v) is 16.9. The lowest BCUT2D eigenvalue weighted by Crippen LogP contribution is -2.28. The number of halogens is 1. The molecule has 0 aliphatic carbocycles. The minimum atomic E-state index is -0.766. The van der Waals surface area contributed by atoms with Gasteiger partial charge in [0.2, 0.25) is 0 Å². The fourth-order valence-electron chi connectivity index (χ4n) is 3.52. The molecule has 1 unspecified atom stereocenters. The number of hydrogen-bond acceptors (Lipinski definition) is 5. The average Bonchev–Trinajstić information content (AvgIpc) is 3.37. The van der Waals surface area contributed by atoms with Gasteiger partial charge in [-0.1, -0.05) is 18.2 Å². The number of nitrogens with zero attached hydrogens (tertiary/aromatic N) is 1. The zero-order chi connectivity index (χ0) is 21.3. The molecule has 1 aliphatic rings. The van der Waals surface area contributed by atoms with E-state index < -0.39 is 23.5 Å². The summed E-state index contributed by atoms with van der Waals surface area (Å²) in [6.45, 7) is 0.171. The molecule has 0 spiro atoms. The smallest absolute Gasteiger partial charge is 0.295 e. The summed E-state index contributed by atoms with van der Waals surface area (Å²) >= 11 is 1.39. The Morgan fingerprint density at radius 1 is 1.13 bits per heavy atom. The summed E-state index contributed by atoms with van der Waals surface area (Å²) in [7, 11) is 1.56. The van der Waals surface area contributed by atoms with Crippen LogP contribution in [-0.4, -0.2) is 28.8 Å². The molecule has 0 radical (unpaired) electrons. The number of benzene rings is 2. The van der Waals surface area contributed by atoms with E-state index in [4.69, 9.17) is 4.74 Å². The first-order valence-electron chi connectivity index (χ1n) is 9.20. The minimum absolute atomic E-state index is 0.00282. The Kier molecular flexibility index (Phi) is 5.37. The van der Waals surface area contributed by atoms with Gasteiger partial charge in [-0.25, -0.2) is 4.39 Å². The molecule has 1 N–H and O–H groups in total. The van der Waals surface area contributed by atoms with Gasteiger partial charge in [0.05, 0.1) is 18.7 Å². The molecule has 4 rings (SSSR count). The van der Waals surface area contributed by atoms with Crippen LogP contribution in [0.4, 0.5) is 4.39 Å². The van der Waals surface area contributed by atoms with Crippen molar-refractivity contribution in [2.75, 3.05) is 7.11 Å². The molecule has 30 heavy (non-hydrogen) atoms. The molecule has 1 fully saturated rings. The van der Waals surface area contributed by atoms with Crippen molar-refractivity contribution in [1.29, 1.82) is 0 Å². The Bertz CT molecular complexity index is 1120. The van der Waals surface area contributed by atoms with Crippen LogP contribution in [0.5, 0.6) is 5.75 Å². The fraction of sp³-hybridized carbons (Fsp3) is 0.130. The number of thiophene rings is 1. The Labute approximate surface area is 176 Å². The molecule has 1 saturated heterocycles. The lowest BCUT2D eigenvalue weighted by molar-refractivity contribution is -0.140. The number of amides is 1. The van der Waals surface area contributed by atoms with E-state index in [-0.39, 0.29) is 23.4 Å². The molecule has 1 aromatic heterocycles. The largest absolute Gasteiger partial charge is 0.507 e. The molecule has 3 aromatic rings. The van der Waals surface area contributed by atoms with E-state index in [2.05, 4.69) is 0 Å². The number of ether oxygens (including phenoxy) is 1. The van der Waals surface area contributed by atoms with E-state index in [1.807, 2.05) is 29.6 Å². The molecular weight excluding hydrogens is 405 g/mol. The maximum atomic E-state index is 13.3. The van der Waals surface area contributed by atoms with Gasteiger partial charge in [0, 0.05) is 17.0 Å². The number of likely N-dealkylation sites (tertiary alicyclic amines) is 1. The first kappa shape index (κ1) is 19.8. The molecular formula is C23H18FNO4S. The summed E-state index contributed by atoms with van der Waals surface area (Å²) in [5, 5.41) is 12.7. The van der Waals surface area contributed by atoms with Crippen molar-refractivity contribution in [3.05, 3.63) is 93.4 Å². The van der Waals surface area contributed by atoms with Crippen LogP contribution in [0.15, 0.2) is 71.6 Å². The second kappa shape index (κ2) is 8.12. The van der Waals surface area contributed by atoms with Crippen molar-refractivity contribution in [1.82, 2.24) is 4.90 Å². The molecule has 7 heteroatoms. The minimum Gasteiger partial charge on any atom is -0.507 e. The van der Waals surface area contributed by atoms with Crippen molar-refractivity contribution in [3.63, 3.8) is 0 Å². The fourth-order valence-corrected chi connectivity index (χ4v) is 4.36. The third-order valence-corrected chi connectivity index (χ3v) is 5.88. The second-order valence-electron chi connectivity index (χ2n) is 6.80. The number of carbonyl (C=O) groups is 2. The summed E-state index contributed by atoms with van der Waals surface area (Å²) < 4.78 is 18.5. The molecule has 0 saturated carbocycles. The van der Waals surface area contributed by atoms with E-state index >= 15 is 0 Å². The topological polar surface area (TPSA) is 66.8 Å². The predicted octanol–water partition coefficient (Wildman–Crippen LogP) is 4.52. The molecule has 2 heterocycles. The number of hydrogen-bond donors (Lipinski definition) is 1. The standard InChI is InChI=1S/C23H18FNO4S/c1-29-17-5-2-4-14(12-17)13-25-20(18-6-3-11-30-18)19(22(27)23(25)28)21(26)15-7-9-16(24)10-8-15/h2-12,20,26H,13H2,1H3/b21-19-. The van der Waals surface area contributed by atoms with E-state index in [0.717, 1.165) is 10.4 Å².